The lowest BCUT2D eigenvalue weighted by atomic mass is 10.0. The molecule has 0 aliphatic heterocycles. The Bertz CT molecular complexity index is 317. The summed E-state index contributed by atoms with van der Waals surface area (Å²) in [5.41, 5.74) is 7.55. The van der Waals surface area contributed by atoms with Crippen molar-refractivity contribution in [1.82, 2.24) is 0 Å². The third-order valence-electron chi connectivity index (χ3n) is 2.57. The van der Waals surface area contributed by atoms with Gasteiger partial charge in [-0.1, -0.05) is 48.0 Å². The summed E-state index contributed by atoms with van der Waals surface area (Å²) in [6.45, 7) is 4.36. The zero-order valence-electron chi connectivity index (χ0n) is 9.95. The van der Waals surface area contributed by atoms with Crippen molar-refractivity contribution in [1.29, 1.82) is 0 Å². The lowest BCUT2D eigenvalue weighted by Gasteiger charge is -2.23. The van der Waals surface area contributed by atoms with E-state index in [9.17, 15) is 0 Å². The Kier molecular flexibility index (Phi) is 6.47. The summed E-state index contributed by atoms with van der Waals surface area (Å²) < 4.78 is 1.17. The third-order valence-corrected chi connectivity index (χ3v) is 4.90. The minimum absolute atomic E-state index is 0.232. The molecule has 3 heteroatoms. The first-order valence-corrected chi connectivity index (χ1v) is 7.66. The number of hydrogen-bond acceptors (Lipinski definition) is 2. The van der Waals surface area contributed by atoms with Crippen molar-refractivity contribution in [3.05, 3.63) is 34.3 Å². The molecule has 1 rings (SSSR count). The molecule has 0 amide bonds. The molecule has 0 fully saturated rings. The quantitative estimate of drug-likeness (QED) is 0.844. The summed E-state index contributed by atoms with van der Waals surface area (Å²) in [7, 11) is 0. The van der Waals surface area contributed by atoms with Gasteiger partial charge in [-0.15, -0.1) is 0 Å². The molecule has 0 aliphatic rings. The number of thioether (sulfide) groups is 1. The monoisotopic (exact) mass is 301 g/mol. The minimum Gasteiger partial charge on any atom is -0.326 e. The second-order valence-corrected chi connectivity index (χ2v) is 5.99. The summed E-state index contributed by atoms with van der Waals surface area (Å²) in [6, 6.07) is 8.63. The molecule has 0 radical (unpaired) electrons. The highest BCUT2D eigenvalue weighted by atomic mass is 79.9. The van der Waals surface area contributed by atoms with Crippen molar-refractivity contribution >= 4 is 27.7 Å². The molecule has 1 aromatic rings. The van der Waals surface area contributed by atoms with Crippen LogP contribution in [0.25, 0.3) is 0 Å². The van der Waals surface area contributed by atoms with Crippen molar-refractivity contribution in [3.63, 3.8) is 0 Å². The van der Waals surface area contributed by atoms with E-state index in [4.69, 9.17) is 5.73 Å². The van der Waals surface area contributed by atoms with Crippen LogP contribution in [0.2, 0.25) is 0 Å². The molecule has 16 heavy (non-hydrogen) atoms. The van der Waals surface area contributed by atoms with Gasteiger partial charge in [0.05, 0.1) is 0 Å². The average Bonchev–Trinajstić information content (AvgIpc) is 2.31. The van der Waals surface area contributed by atoms with E-state index in [-0.39, 0.29) is 6.04 Å². The zero-order valence-corrected chi connectivity index (χ0v) is 12.4. The van der Waals surface area contributed by atoms with Crippen molar-refractivity contribution < 1.29 is 0 Å². The first-order valence-electron chi connectivity index (χ1n) is 5.82. The molecule has 0 saturated carbocycles. The highest BCUT2D eigenvalue weighted by Gasteiger charge is 2.20. The normalized spacial score (nSPS) is 14.8. The van der Waals surface area contributed by atoms with Crippen molar-refractivity contribution in [2.24, 2.45) is 5.73 Å². The van der Waals surface area contributed by atoms with Crippen LogP contribution in [0.15, 0.2) is 28.7 Å². The predicted molar refractivity (Wildman–Crippen MR) is 77.9 cm³/mol. The molecule has 0 aliphatic carbocycles. The van der Waals surface area contributed by atoms with Crippen LogP contribution >= 0.6 is 27.7 Å². The SMILES string of the molecule is CCCSC(c1ccccc1Br)C(N)CC. The van der Waals surface area contributed by atoms with Gasteiger partial charge in [0.15, 0.2) is 0 Å². The molecule has 90 valence electrons. The standard InChI is InChI=1S/C13H20BrNS/c1-3-9-16-13(12(15)4-2)10-7-5-6-8-11(10)14/h5-8,12-13H,3-4,9,15H2,1-2H3. The molecule has 0 bridgehead atoms. The van der Waals surface area contributed by atoms with Crippen LogP contribution in [-0.4, -0.2) is 11.8 Å². The van der Waals surface area contributed by atoms with Crippen LogP contribution < -0.4 is 5.73 Å². The fourth-order valence-electron chi connectivity index (χ4n) is 1.61. The summed E-state index contributed by atoms with van der Waals surface area (Å²) in [4.78, 5) is 0. The molecule has 2 atom stereocenters. The molecule has 1 aromatic carbocycles. The van der Waals surface area contributed by atoms with E-state index in [0.717, 1.165) is 6.42 Å². The van der Waals surface area contributed by atoms with Crippen LogP contribution in [0.1, 0.15) is 37.5 Å². The van der Waals surface area contributed by atoms with Crippen molar-refractivity contribution in [3.8, 4) is 0 Å². The van der Waals surface area contributed by atoms with Crippen LogP contribution in [-0.2, 0) is 0 Å². The zero-order chi connectivity index (χ0) is 12.0. The summed E-state index contributed by atoms with van der Waals surface area (Å²) >= 11 is 5.58. The number of hydrogen-bond donors (Lipinski definition) is 1. The average molecular weight is 302 g/mol. The van der Waals surface area contributed by atoms with Gasteiger partial charge in [-0.2, -0.15) is 11.8 Å². The third kappa shape index (κ3) is 3.79. The van der Waals surface area contributed by atoms with Gasteiger partial charge >= 0.3 is 0 Å². The highest BCUT2D eigenvalue weighted by molar-refractivity contribution is 9.10. The predicted octanol–water partition coefficient (Wildman–Crippen LogP) is 4.37. The van der Waals surface area contributed by atoms with Gasteiger partial charge in [0, 0.05) is 15.8 Å². The Labute approximate surface area is 111 Å². The maximum absolute atomic E-state index is 6.22. The van der Waals surface area contributed by atoms with Crippen LogP contribution in [0.5, 0.6) is 0 Å². The fourth-order valence-corrected chi connectivity index (χ4v) is 3.61. The fraction of sp³-hybridized carbons (Fsp3) is 0.538. The lowest BCUT2D eigenvalue weighted by molar-refractivity contribution is 0.632. The molecule has 1 nitrogen and oxygen atoms in total. The van der Waals surface area contributed by atoms with Gasteiger partial charge in [0.2, 0.25) is 0 Å². The smallest absolute Gasteiger partial charge is 0.0459 e. The van der Waals surface area contributed by atoms with E-state index in [2.05, 4.69) is 48.0 Å². The maximum atomic E-state index is 6.22. The lowest BCUT2D eigenvalue weighted by Crippen LogP contribution is -2.26. The molecular formula is C13H20BrNS. The van der Waals surface area contributed by atoms with E-state index in [1.54, 1.807) is 0 Å². The Balaban J connectivity index is 2.87. The van der Waals surface area contributed by atoms with Gasteiger partial charge in [-0.3, -0.25) is 0 Å². The van der Waals surface area contributed by atoms with E-state index >= 15 is 0 Å². The molecule has 0 heterocycles. The Hall–Kier alpha value is 0.01000. The summed E-state index contributed by atoms with van der Waals surface area (Å²) in [6.07, 6.45) is 2.21. The van der Waals surface area contributed by atoms with Crippen LogP contribution in [0.4, 0.5) is 0 Å². The maximum Gasteiger partial charge on any atom is 0.0459 e. The summed E-state index contributed by atoms with van der Waals surface area (Å²) in [5, 5.41) is 0.403. The van der Waals surface area contributed by atoms with E-state index in [1.165, 1.54) is 22.2 Å². The van der Waals surface area contributed by atoms with Crippen molar-refractivity contribution in [2.75, 3.05) is 5.75 Å². The molecular weight excluding hydrogens is 282 g/mol. The Morgan fingerprint density at radius 1 is 1.31 bits per heavy atom. The van der Waals surface area contributed by atoms with Gasteiger partial charge in [-0.25, -0.2) is 0 Å². The molecule has 0 spiro atoms. The first kappa shape index (κ1) is 14.1. The summed E-state index contributed by atoms with van der Waals surface area (Å²) in [5.74, 6) is 1.17. The first-order chi connectivity index (χ1) is 7.70. The highest BCUT2D eigenvalue weighted by Crippen LogP contribution is 2.36. The Morgan fingerprint density at radius 3 is 2.56 bits per heavy atom. The second-order valence-electron chi connectivity index (χ2n) is 3.89. The number of benzene rings is 1. The van der Waals surface area contributed by atoms with Crippen LogP contribution in [0.3, 0.4) is 0 Å². The van der Waals surface area contributed by atoms with E-state index in [0.29, 0.717) is 5.25 Å². The van der Waals surface area contributed by atoms with Gasteiger partial charge in [0.1, 0.15) is 0 Å². The number of halogens is 1. The van der Waals surface area contributed by atoms with Gasteiger partial charge in [-0.05, 0) is 30.2 Å². The van der Waals surface area contributed by atoms with E-state index in [1.807, 2.05) is 17.8 Å². The molecule has 0 aromatic heterocycles. The molecule has 2 N–H and O–H groups in total. The van der Waals surface area contributed by atoms with Gasteiger partial charge < -0.3 is 5.73 Å². The Morgan fingerprint density at radius 2 is 2.00 bits per heavy atom. The number of nitrogens with two attached hydrogens (primary N) is 1. The van der Waals surface area contributed by atoms with Crippen molar-refractivity contribution in [2.45, 2.75) is 38.0 Å². The molecule has 0 saturated heterocycles. The minimum atomic E-state index is 0.232. The number of rotatable bonds is 6. The largest absolute Gasteiger partial charge is 0.326 e. The topological polar surface area (TPSA) is 26.0 Å². The van der Waals surface area contributed by atoms with Gasteiger partial charge in [0.25, 0.3) is 0 Å². The van der Waals surface area contributed by atoms with E-state index < -0.39 is 0 Å². The van der Waals surface area contributed by atoms with Crippen LogP contribution in [0, 0.1) is 0 Å². The molecule has 2 unspecified atom stereocenters. The second kappa shape index (κ2) is 7.36.